The normalized spacial score (nSPS) is 27.3. The number of aliphatic hydroxyl groups excluding tert-OH is 1. The third kappa shape index (κ3) is 2.75. The zero-order valence-electron chi connectivity index (χ0n) is 8.69. The van der Waals surface area contributed by atoms with Crippen LogP contribution in [0.4, 0.5) is 4.39 Å². The van der Waals surface area contributed by atoms with Gasteiger partial charge in [-0.15, -0.1) is 0 Å². The average Bonchev–Trinajstić information content (AvgIpc) is 2.43. The van der Waals surface area contributed by atoms with Gasteiger partial charge in [0.15, 0.2) is 0 Å². The van der Waals surface area contributed by atoms with Gasteiger partial charge in [-0.2, -0.15) is 0 Å². The van der Waals surface area contributed by atoms with Crippen molar-refractivity contribution in [1.82, 2.24) is 4.98 Å². The second-order valence-electron chi connectivity index (χ2n) is 4.31. The summed E-state index contributed by atoms with van der Waals surface area (Å²) in [4.78, 5) is 3.86. The highest BCUT2D eigenvalue weighted by Crippen LogP contribution is 2.31. The third-order valence-electron chi connectivity index (χ3n) is 3.09. The molecule has 1 fully saturated rings. The van der Waals surface area contributed by atoms with E-state index >= 15 is 0 Å². The fourth-order valence-corrected chi connectivity index (χ4v) is 2.29. The van der Waals surface area contributed by atoms with Crippen LogP contribution in [0.25, 0.3) is 0 Å². The lowest BCUT2D eigenvalue weighted by Crippen LogP contribution is -2.09. The third-order valence-corrected chi connectivity index (χ3v) is 3.09. The average molecular weight is 209 g/mol. The van der Waals surface area contributed by atoms with Crippen LogP contribution in [0.5, 0.6) is 0 Å². The minimum atomic E-state index is -0.286. The minimum Gasteiger partial charge on any atom is -0.393 e. The van der Waals surface area contributed by atoms with E-state index in [0.717, 1.165) is 37.7 Å². The van der Waals surface area contributed by atoms with Crippen LogP contribution in [-0.2, 0) is 0 Å². The minimum absolute atomic E-state index is 0.235. The molecule has 1 aliphatic rings. The topological polar surface area (TPSA) is 33.1 Å². The van der Waals surface area contributed by atoms with Crippen molar-refractivity contribution in [2.75, 3.05) is 0 Å². The van der Waals surface area contributed by atoms with Gasteiger partial charge in [0, 0.05) is 6.20 Å². The van der Waals surface area contributed by atoms with Crippen LogP contribution >= 0.6 is 0 Å². The predicted octanol–water partition coefficient (Wildman–Crippen LogP) is 2.63. The molecule has 0 amide bonds. The number of rotatable bonds is 1. The zero-order valence-corrected chi connectivity index (χ0v) is 8.69. The maximum Gasteiger partial charge on any atom is 0.141 e. The highest BCUT2D eigenvalue weighted by molar-refractivity contribution is 5.16. The van der Waals surface area contributed by atoms with E-state index in [-0.39, 0.29) is 17.8 Å². The largest absolute Gasteiger partial charge is 0.393 e. The molecule has 0 spiro atoms. The number of hydrogen-bond donors (Lipinski definition) is 1. The van der Waals surface area contributed by atoms with Crippen molar-refractivity contribution in [3.63, 3.8) is 0 Å². The van der Waals surface area contributed by atoms with Gasteiger partial charge < -0.3 is 5.11 Å². The lowest BCUT2D eigenvalue weighted by atomic mass is 9.92. The van der Waals surface area contributed by atoms with Crippen LogP contribution in [0.1, 0.15) is 43.6 Å². The number of nitrogens with zero attached hydrogens (tertiary/aromatic N) is 1. The SMILES string of the molecule is OC1CCCCC(c2cncc(F)c2)C1. The molecule has 2 atom stereocenters. The molecule has 1 heterocycles. The van der Waals surface area contributed by atoms with Gasteiger partial charge in [0.2, 0.25) is 0 Å². The van der Waals surface area contributed by atoms with E-state index in [4.69, 9.17) is 0 Å². The molecule has 0 bridgehead atoms. The fourth-order valence-electron chi connectivity index (χ4n) is 2.29. The molecule has 82 valence electrons. The molecule has 2 nitrogen and oxygen atoms in total. The van der Waals surface area contributed by atoms with Gasteiger partial charge in [-0.05, 0) is 36.8 Å². The lowest BCUT2D eigenvalue weighted by molar-refractivity contribution is 0.152. The Labute approximate surface area is 89.2 Å². The summed E-state index contributed by atoms with van der Waals surface area (Å²) < 4.78 is 13.0. The smallest absolute Gasteiger partial charge is 0.141 e. The summed E-state index contributed by atoms with van der Waals surface area (Å²) in [7, 11) is 0. The van der Waals surface area contributed by atoms with Crippen molar-refractivity contribution in [3.05, 3.63) is 29.8 Å². The Morgan fingerprint density at radius 1 is 1.27 bits per heavy atom. The summed E-state index contributed by atoms with van der Waals surface area (Å²) >= 11 is 0. The lowest BCUT2D eigenvalue weighted by Gasteiger charge is -2.16. The van der Waals surface area contributed by atoms with E-state index in [9.17, 15) is 9.50 Å². The van der Waals surface area contributed by atoms with Gasteiger partial charge in [-0.25, -0.2) is 4.39 Å². The Morgan fingerprint density at radius 2 is 2.07 bits per heavy atom. The predicted molar refractivity (Wildman–Crippen MR) is 56.0 cm³/mol. The molecular formula is C12H16FNO. The fraction of sp³-hybridized carbons (Fsp3) is 0.583. The molecule has 0 aliphatic heterocycles. The molecule has 0 saturated heterocycles. The van der Waals surface area contributed by atoms with Crippen LogP contribution in [0.15, 0.2) is 18.5 Å². The van der Waals surface area contributed by atoms with Gasteiger partial charge >= 0.3 is 0 Å². The number of hydrogen-bond acceptors (Lipinski definition) is 2. The molecule has 1 aromatic heterocycles. The van der Waals surface area contributed by atoms with E-state index in [0.29, 0.717) is 0 Å². The monoisotopic (exact) mass is 209 g/mol. The maximum absolute atomic E-state index is 13.0. The highest BCUT2D eigenvalue weighted by Gasteiger charge is 2.20. The molecule has 1 aliphatic carbocycles. The molecular weight excluding hydrogens is 193 g/mol. The Kier molecular flexibility index (Phi) is 3.31. The quantitative estimate of drug-likeness (QED) is 0.721. The molecule has 0 aromatic carbocycles. The molecule has 3 heteroatoms. The summed E-state index contributed by atoms with van der Waals surface area (Å²) in [5.41, 5.74) is 0.927. The Bertz CT molecular complexity index is 329. The van der Waals surface area contributed by atoms with Gasteiger partial charge in [0.05, 0.1) is 12.3 Å². The van der Waals surface area contributed by atoms with E-state index < -0.39 is 0 Å². The summed E-state index contributed by atoms with van der Waals surface area (Å²) in [6.45, 7) is 0. The molecule has 1 saturated carbocycles. The van der Waals surface area contributed by atoms with Crippen LogP contribution in [-0.4, -0.2) is 16.2 Å². The first-order valence-electron chi connectivity index (χ1n) is 5.54. The Hall–Kier alpha value is -0.960. The summed E-state index contributed by atoms with van der Waals surface area (Å²) in [6.07, 6.45) is 7.52. The summed E-state index contributed by atoms with van der Waals surface area (Å²) in [6, 6.07) is 1.54. The molecule has 2 rings (SSSR count). The van der Waals surface area contributed by atoms with Crippen molar-refractivity contribution < 1.29 is 9.50 Å². The van der Waals surface area contributed by atoms with Crippen molar-refractivity contribution in [2.45, 2.75) is 44.1 Å². The van der Waals surface area contributed by atoms with Crippen LogP contribution in [0.2, 0.25) is 0 Å². The summed E-state index contributed by atoms with van der Waals surface area (Å²) in [5, 5.41) is 9.68. The second kappa shape index (κ2) is 4.71. The summed E-state index contributed by atoms with van der Waals surface area (Å²) in [5.74, 6) is -0.0167. The first-order valence-corrected chi connectivity index (χ1v) is 5.54. The van der Waals surface area contributed by atoms with Crippen molar-refractivity contribution in [3.8, 4) is 0 Å². The van der Waals surface area contributed by atoms with Crippen LogP contribution in [0.3, 0.4) is 0 Å². The van der Waals surface area contributed by atoms with Gasteiger partial charge in [0.25, 0.3) is 0 Å². The number of halogens is 1. The van der Waals surface area contributed by atoms with Crippen molar-refractivity contribution in [1.29, 1.82) is 0 Å². The molecule has 1 N–H and O–H groups in total. The van der Waals surface area contributed by atoms with Gasteiger partial charge in [-0.3, -0.25) is 4.98 Å². The Morgan fingerprint density at radius 3 is 2.87 bits per heavy atom. The van der Waals surface area contributed by atoms with Crippen LogP contribution < -0.4 is 0 Å². The molecule has 0 radical (unpaired) electrons. The first-order chi connectivity index (χ1) is 7.25. The number of aromatic nitrogens is 1. The number of aliphatic hydroxyl groups is 1. The standard InChI is InChI=1S/C12H16FNO/c13-11-5-10(7-14-8-11)9-3-1-2-4-12(15)6-9/h5,7-9,12,15H,1-4,6H2. The highest BCUT2D eigenvalue weighted by atomic mass is 19.1. The van der Waals surface area contributed by atoms with E-state index in [1.807, 2.05) is 0 Å². The van der Waals surface area contributed by atoms with Crippen molar-refractivity contribution >= 4 is 0 Å². The molecule has 2 unspecified atom stereocenters. The van der Waals surface area contributed by atoms with E-state index in [2.05, 4.69) is 4.98 Å². The number of pyridine rings is 1. The van der Waals surface area contributed by atoms with Crippen molar-refractivity contribution in [2.24, 2.45) is 0 Å². The Balaban J connectivity index is 2.14. The van der Waals surface area contributed by atoms with Gasteiger partial charge in [-0.1, -0.05) is 12.8 Å². The first kappa shape index (κ1) is 10.6. The zero-order chi connectivity index (χ0) is 10.7. The van der Waals surface area contributed by atoms with Crippen LogP contribution in [0, 0.1) is 5.82 Å². The van der Waals surface area contributed by atoms with E-state index in [1.165, 1.54) is 12.3 Å². The second-order valence-corrected chi connectivity index (χ2v) is 4.31. The van der Waals surface area contributed by atoms with E-state index in [1.54, 1.807) is 6.20 Å². The molecule has 1 aromatic rings. The molecule has 15 heavy (non-hydrogen) atoms. The van der Waals surface area contributed by atoms with Gasteiger partial charge in [0.1, 0.15) is 5.82 Å². The maximum atomic E-state index is 13.0.